The van der Waals surface area contributed by atoms with Gasteiger partial charge in [0.15, 0.2) is 23.0 Å². The zero-order valence-electron chi connectivity index (χ0n) is 28.8. The van der Waals surface area contributed by atoms with Crippen LogP contribution in [0.4, 0.5) is 0 Å². The Kier molecular flexibility index (Phi) is 7.99. The van der Waals surface area contributed by atoms with Crippen molar-refractivity contribution in [2.45, 2.75) is 118 Å². The van der Waals surface area contributed by atoms with Gasteiger partial charge in [0.05, 0.1) is 11.0 Å². The molecule has 5 atom stereocenters. The van der Waals surface area contributed by atoms with E-state index in [1.54, 1.807) is 6.92 Å². The molecule has 0 amide bonds. The van der Waals surface area contributed by atoms with Gasteiger partial charge in [-0.2, -0.15) is 0 Å². The Labute approximate surface area is 272 Å². The quantitative estimate of drug-likeness (QED) is 0.127. The molecule has 2 spiro atoms. The number of allylic oxidation sites excluding steroid dienone is 6. The first-order valence-corrected chi connectivity index (χ1v) is 16.4. The van der Waals surface area contributed by atoms with Crippen LogP contribution in [-0.4, -0.2) is 44.1 Å². The molecule has 2 saturated carbocycles. The summed E-state index contributed by atoms with van der Waals surface area (Å²) in [4.78, 5) is 44.1. The number of ketones is 2. The summed E-state index contributed by atoms with van der Waals surface area (Å²) in [5, 5.41) is 32.0. The number of aliphatic hydroxyl groups is 1. The number of aromatic hydroxyl groups is 2. The van der Waals surface area contributed by atoms with Crippen molar-refractivity contribution < 1.29 is 39.2 Å². The molecule has 1 aliphatic heterocycles. The van der Waals surface area contributed by atoms with Crippen LogP contribution in [0.15, 0.2) is 53.0 Å². The number of esters is 1. The zero-order chi connectivity index (χ0) is 34.3. The molecule has 1 heterocycles. The second-order valence-electron chi connectivity index (χ2n) is 16.4. The van der Waals surface area contributed by atoms with Crippen LogP contribution < -0.4 is 0 Å². The Balaban J connectivity index is 1.77. The first kappa shape index (κ1) is 34.0. The molecule has 1 saturated heterocycles. The maximum Gasteiger partial charge on any atom is 0.343 e. The average Bonchev–Trinajstić information content (AvgIpc) is 3.28. The van der Waals surface area contributed by atoms with Crippen molar-refractivity contribution in [2.24, 2.45) is 27.6 Å². The second-order valence-corrected chi connectivity index (χ2v) is 16.4. The number of benzene rings is 1. The third-order valence-electron chi connectivity index (χ3n) is 11.7. The first-order chi connectivity index (χ1) is 21.1. The van der Waals surface area contributed by atoms with E-state index in [9.17, 15) is 20.1 Å². The highest BCUT2D eigenvalue weighted by molar-refractivity contribution is 6.21. The fourth-order valence-corrected chi connectivity index (χ4v) is 8.91. The maximum atomic E-state index is 15.3. The summed E-state index contributed by atoms with van der Waals surface area (Å²) in [7, 11) is 0. The minimum absolute atomic E-state index is 0.0457. The van der Waals surface area contributed by atoms with E-state index in [0.29, 0.717) is 25.7 Å². The van der Waals surface area contributed by atoms with Crippen molar-refractivity contribution in [3.63, 3.8) is 0 Å². The van der Waals surface area contributed by atoms with E-state index in [1.807, 2.05) is 47.6 Å². The highest BCUT2D eigenvalue weighted by Gasteiger charge is 2.78. The van der Waals surface area contributed by atoms with Gasteiger partial charge in [-0.25, -0.2) is 4.79 Å². The number of phenols is 2. The van der Waals surface area contributed by atoms with Gasteiger partial charge in [-0.05, 0) is 108 Å². The minimum Gasteiger partial charge on any atom is -0.504 e. The van der Waals surface area contributed by atoms with Crippen LogP contribution in [0.1, 0.15) is 118 Å². The molecule has 0 unspecified atom stereocenters. The van der Waals surface area contributed by atoms with E-state index >= 15 is 9.59 Å². The van der Waals surface area contributed by atoms with E-state index in [-0.39, 0.29) is 47.0 Å². The van der Waals surface area contributed by atoms with Gasteiger partial charge in [0.1, 0.15) is 16.6 Å². The van der Waals surface area contributed by atoms with Gasteiger partial charge < -0.3 is 24.8 Å². The lowest BCUT2D eigenvalue weighted by atomic mass is 9.40. The number of Topliss-reactive ketones (excluding diaryl/α,β-unsaturated/α-hetero) is 2. The number of hydrogen-bond donors (Lipinski definition) is 3. The van der Waals surface area contributed by atoms with Crippen LogP contribution in [0.2, 0.25) is 0 Å². The minimum atomic E-state index is -1.56. The second kappa shape index (κ2) is 10.8. The topological polar surface area (TPSA) is 130 Å². The molecule has 1 aromatic carbocycles. The van der Waals surface area contributed by atoms with Crippen molar-refractivity contribution in [3.8, 4) is 11.5 Å². The number of ether oxygens (including phenoxy) is 2. The van der Waals surface area contributed by atoms with Gasteiger partial charge >= 0.3 is 5.97 Å². The Hall–Kier alpha value is -3.39. The number of fused-ring (bicyclic) bond motifs is 1. The van der Waals surface area contributed by atoms with Crippen LogP contribution in [-0.2, 0) is 19.1 Å². The van der Waals surface area contributed by atoms with Crippen molar-refractivity contribution in [1.29, 1.82) is 0 Å². The van der Waals surface area contributed by atoms with Gasteiger partial charge in [-0.1, -0.05) is 51.0 Å². The number of carbonyl (C=O) groups is 3. The number of hydrogen-bond acceptors (Lipinski definition) is 8. The smallest absolute Gasteiger partial charge is 0.343 e. The van der Waals surface area contributed by atoms with Gasteiger partial charge in [-0.3, -0.25) is 9.59 Å². The van der Waals surface area contributed by atoms with Crippen LogP contribution >= 0.6 is 0 Å². The highest BCUT2D eigenvalue weighted by atomic mass is 16.6. The molecule has 8 nitrogen and oxygen atoms in total. The molecule has 0 radical (unpaired) electrons. The lowest BCUT2D eigenvalue weighted by Crippen LogP contribution is -2.66. The molecule has 4 aliphatic rings. The molecule has 0 aromatic heterocycles. The summed E-state index contributed by atoms with van der Waals surface area (Å²) in [6.07, 6.45) is 7.07. The standard InChI is InChI=1S/C38H50O8/c1-22(2)10-12-25-19-36-21-37(17-16-33(5,6)20-35(37,9)44)46-30(36)28(45-31(42)24-11-13-26(39)27(40)18-24)29(41)38(32(36)43,34(25,7)8)15-14-23(3)4/h10-11,13-14,18,25,39-40,44H,12,15-17,19-21H2,1-9H3/t25-,35-,36+,37-,38+/m0/s1. The predicted octanol–water partition coefficient (Wildman–Crippen LogP) is 7.47. The molecular formula is C38H50O8. The fourth-order valence-electron chi connectivity index (χ4n) is 8.91. The normalized spacial score (nSPS) is 34.1. The van der Waals surface area contributed by atoms with Crippen molar-refractivity contribution >= 4 is 17.5 Å². The molecule has 3 fully saturated rings. The molecule has 5 rings (SSSR count). The Morgan fingerprint density at radius 1 is 0.957 bits per heavy atom. The van der Waals surface area contributed by atoms with Crippen LogP contribution in [0.3, 0.4) is 0 Å². The summed E-state index contributed by atoms with van der Waals surface area (Å²) < 4.78 is 12.8. The number of carbonyl (C=O) groups excluding carboxylic acids is 3. The molecule has 8 heteroatoms. The van der Waals surface area contributed by atoms with E-state index in [2.05, 4.69) is 19.9 Å². The first-order valence-electron chi connectivity index (χ1n) is 16.4. The fraction of sp³-hybridized carbons (Fsp3) is 0.605. The summed E-state index contributed by atoms with van der Waals surface area (Å²) in [5.41, 5.74) is -4.35. The lowest BCUT2D eigenvalue weighted by Gasteiger charge is -2.59. The summed E-state index contributed by atoms with van der Waals surface area (Å²) in [6.45, 7) is 17.8. The maximum absolute atomic E-state index is 15.3. The average molecular weight is 635 g/mol. The third kappa shape index (κ3) is 4.94. The van der Waals surface area contributed by atoms with Crippen molar-refractivity contribution in [3.05, 3.63) is 58.6 Å². The van der Waals surface area contributed by atoms with Gasteiger partial charge in [0.25, 0.3) is 0 Å². The Morgan fingerprint density at radius 2 is 1.61 bits per heavy atom. The molecule has 3 N–H and O–H groups in total. The Bertz CT molecular complexity index is 1580. The van der Waals surface area contributed by atoms with Gasteiger partial charge in [-0.15, -0.1) is 0 Å². The SMILES string of the molecule is CC(C)=CC[C@H]1C[C@@]23C[C@]4(CCC(C)(C)C[C@]4(C)O)OC2=C(OC(=O)c2ccc(O)c(O)c2)C(=O)[C@](CC=C(C)C)(C3=O)C1(C)C. The highest BCUT2D eigenvalue weighted by Crippen LogP contribution is 2.72. The molecular weight excluding hydrogens is 584 g/mol. The lowest BCUT2D eigenvalue weighted by molar-refractivity contribution is -0.183. The molecule has 3 aliphatic carbocycles. The van der Waals surface area contributed by atoms with E-state index < -0.39 is 50.7 Å². The summed E-state index contributed by atoms with van der Waals surface area (Å²) >= 11 is 0. The number of rotatable bonds is 6. The Morgan fingerprint density at radius 3 is 2.20 bits per heavy atom. The van der Waals surface area contributed by atoms with Crippen molar-refractivity contribution in [2.75, 3.05) is 0 Å². The van der Waals surface area contributed by atoms with E-state index in [1.165, 1.54) is 12.1 Å². The zero-order valence-corrected chi connectivity index (χ0v) is 28.8. The predicted molar refractivity (Wildman–Crippen MR) is 174 cm³/mol. The monoisotopic (exact) mass is 634 g/mol. The van der Waals surface area contributed by atoms with E-state index in [0.717, 1.165) is 23.6 Å². The van der Waals surface area contributed by atoms with Crippen LogP contribution in [0, 0.1) is 27.6 Å². The summed E-state index contributed by atoms with van der Waals surface area (Å²) in [6, 6.07) is 3.53. The molecule has 46 heavy (non-hydrogen) atoms. The molecule has 1 aromatic rings. The largest absolute Gasteiger partial charge is 0.504 e. The van der Waals surface area contributed by atoms with Gasteiger partial charge in [0, 0.05) is 6.42 Å². The molecule has 250 valence electrons. The van der Waals surface area contributed by atoms with E-state index in [4.69, 9.17) is 9.47 Å². The summed E-state index contributed by atoms with van der Waals surface area (Å²) in [5.74, 6) is -3.02. The van der Waals surface area contributed by atoms with Gasteiger partial charge in [0.2, 0.25) is 11.5 Å². The van der Waals surface area contributed by atoms with Crippen LogP contribution in [0.25, 0.3) is 0 Å². The van der Waals surface area contributed by atoms with Crippen molar-refractivity contribution in [1.82, 2.24) is 0 Å². The molecule has 2 bridgehead atoms. The number of phenolic OH excluding ortho intramolecular Hbond substituents is 2. The van der Waals surface area contributed by atoms with Crippen LogP contribution in [0.5, 0.6) is 11.5 Å². The third-order valence-corrected chi connectivity index (χ3v) is 11.7.